The fourth-order valence-corrected chi connectivity index (χ4v) is 18.1. The summed E-state index contributed by atoms with van der Waals surface area (Å²) in [6.45, 7) is 4.10. The smallest absolute Gasteiger partial charge is 0.358 e. The zero-order chi connectivity index (χ0) is 74.5. The van der Waals surface area contributed by atoms with Gasteiger partial charge in [-0.25, -0.2) is 39.5 Å². The first-order valence-corrected chi connectivity index (χ1v) is 38.3. The Hall–Kier alpha value is -9.02. The molecule has 0 aliphatic carbocycles. The van der Waals surface area contributed by atoms with Crippen LogP contribution in [0, 0.1) is 0 Å². The standard InChI is InChI=1S/C62H64N14O21S7/c1-23(77)39-53(84)72-40(24(2)92-7)56-67-33(21-101-56)51(82)73-43-45-46(97-37-14-62(4,87)47(75(5)6)25(3)96-37)61(86)94-15-26-9-8-10-35-38(26)28(16-93-45)44(76(35)88)60(85)95-17-29(64-49(80)31-20-103-58(43)69-31)55-65-30(18-100-55)41-27(54-66-32(19-99-54)50(81)71-39)13-36(78)42(70-41)57-68-34(22-102-57)52(83)74-59(48(63)79)98-11-12-104(89,90)91/h8-10,13,18-23,25,29,37,39,43,45-47,59,77-78,87-88H,11-12,14-17H2,1-7H3,(H2,63,79)(H,64,80)(H,71,81)(H,72,84)(H,73,82)(H,74,83)(H,89,90,91)/b40-24+. The summed E-state index contributed by atoms with van der Waals surface area (Å²) in [6, 6.07) is 0.433. The van der Waals surface area contributed by atoms with Gasteiger partial charge in [0, 0.05) is 55.6 Å². The summed E-state index contributed by atoms with van der Waals surface area (Å²) in [5.41, 5.74) is 2.12. The van der Waals surface area contributed by atoms with Gasteiger partial charge in [0.15, 0.2) is 23.5 Å². The molecule has 12 bridgehead atoms. The number of benzene rings is 1. The number of aliphatic hydroxyl groups is 2. The van der Waals surface area contributed by atoms with Gasteiger partial charge in [-0.15, -0.1) is 68.4 Å². The lowest BCUT2D eigenvalue weighted by molar-refractivity contribution is -0.280. The molecule has 1 aromatic carbocycles. The Kier molecular flexibility index (Phi) is 21.7. The quantitative estimate of drug-likeness (QED) is 0.0259. The molecule has 0 radical (unpaired) electrons. The maximum Gasteiger partial charge on any atom is 0.358 e. The number of methoxy groups -OCH3 is 1. The summed E-state index contributed by atoms with van der Waals surface area (Å²) >= 11 is 4.91. The minimum atomic E-state index is -4.44. The first kappa shape index (κ1) is 74.7. The van der Waals surface area contributed by atoms with Gasteiger partial charge in [0.2, 0.25) is 5.91 Å². The molecule has 35 nitrogen and oxygen atoms in total. The van der Waals surface area contributed by atoms with E-state index < -0.39 is 160 Å². The minimum absolute atomic E-state index is 0.00651. The number of hydrogen-bond donors (Lipinski definition) is 11. The van der Waals surface area contributed by atoms with Crippen molar-refractivity contribution in [1.82, 2.24) is 66.1 Å². The summed E-state index contributed by atoms with van der Waals surface area (Å²) in [6.07, 6.45) is -7.68. The van der Waals surface area contributed by atoms with Gasteiger partial charge in [0.1, 0.15) is 120 Å². The number of nitrogens with one attached hydrogen (secondary N) is 5. The third-order valence-corrected chi connectivity index (χ3v) is 23.5. The SMILES string of the molecule is CO/C(C)=C1/NC(=O)C(C(C)O)NC(=O)c2csc(n2)-c2cc(O)c(-c3nc(C(=O)NC(SCCS(=O)(=O)O)C(N)=O)cs3)nc2-c2csc(n2)C2COC(=O)c3c4c5c(cccc5n3O)COC(=O)C(OC3CC(C)(O)C(N(C)C)C(C)O3)C(OC4)C(NC(=O)c3csc1n3)c1nc(cs1)C(=O)N2. The van der Waals surface area contributed by atoms with Crippen LogP contribution in [0.15, 0.2) is 56.9 Å². The Morgan fingerprint density at radius 2 is 1.54 bits per heavy atom. The molecule has 11 heterocycles. The lowest BCUT2D eigenvalue weighted by atomic mass is 9.85. The molecule has 104 heavy (non-hydrogen) atoms. The van der Waals surface area contributed by atoms with Crippen LogP contribution in [0.4, 0.5) is 0 Å². The summed E-state index contributed by atoms with van der Waals surface area (Å²) in [4.78, 5) is 145. The monoisotopic (exact) mass is 1560 g/mol. The maximum absolute atomic E-state index is 15.2. The second kappa shape index (κ2) is 30.2. The molecule has 8 aromatic rings. The molecule has 7 aromatic heterocycles. The summed E-state index contributed by atoms with van der Waals surface area (Å²) in [5.74, 6) is -9.76. The van der Waals surface area contributed by atoms with Crippen molar-refractivity contribution in [2.45, 2.75) is 113 Å². The Balaban J connectivity index is 1.02. The zero-order valence-corrected chi connectivity index (χ0v) is 61.2. The molecule has 0 saturated carbocycles. The fraction of sp³-hybridized carbons (Fsp3) is 0.387. The Labute approximate surface area is 613 Å². The van der Waals surface area contributed by atoms with E-state index in [-0.39, 0.29) is 116 Å². The number of esters is 2. The van der Waals surface area contributed by atoms with Gasteiger partial charge >= 0.3 is 11.9 Å². The molecule has 11 unspecified atom stereocenters. The maximum atomic E-state index is 15.2. The van der Waals surface area contributed by atoms with Crippen LogP contribution in [0.25, 0.3) is 49.3 Å². The largest absolute Gasteiger partial charge is 0.506 e. The number of ether oxygens (including phenoxy) is 6. The number of nitrogens with zero attached hydrogens (tertiary/aromatic N) is 8. The average molecular weight is 1570 g/mol. The Morgan fingerprint density at radius 1 is 0.875 bits per heavy atom. The lowest BCUT2D eigenvalue weighted by Gasteiger charge is -2.48. The highest BCUT2D eigenvalue weighted by Crippen LogP contribution is 2.43. The number of fused-ring (bicyclic) bond motifs is 15. The molecule has 1 fully saturated rings. The Bertz CT molecular complexity index is 4890. The van der Waals surface area contributed by atoms with E-state index in [1.54, 1.807) is 45.0 Å². The number of aromatic nitrogens is 7. The number of hydrogen-bond acceptors (Lipinski definition) is 33. The normalized spacial score (nSPS) is 23.8. The van der Waals surface area contributed by atoms with Crippen molar-refractivity contribution in [3.63, 3.8) is 0 Å². The summed E-state index contributed by atoms with van der Waals surface area (Å²) in [7, 11) is 0.361. The number of thiazole rings is 5. The minimum Gasteiger partial charge on any atom is -0.506 e. The van der Waals surface area contributed by atoms with Gasteiger partial charge in [0.05, 0.1) is 48.8 Å². The third kappa shape index (κ3) is 15.5. The molecular weight excluding hydrogens is 1500 g/mol. The number of aromatic hydroxyl groups is 1. The highest BCUT2D eigenvalue weighted by atomic mass is 32.2. The van der Waals surface area contributed by atoms with Crippen LogP contribution in [-0.4, -0.2) is 213 Å². The molecule has 11 atom stereocenters. The van der Waals surface area contributed by atoms with Crippen LogP contribution in [0.3, 0.4) is 0 Å². The molecule has 12 rings (SSSR count). The van der Waals surface area contributed by atoms with E-state index in [0.29, 0.717) is 16.5 Å². The van der Waals surface area contributed by atoms with Gasteiger partial charge in [-0.1, -0.05) is 12.1 Å². The Morgan fingerprint density at radius 3 is 2.24 bits per heavy atom. The van der Waals surface area contributed by atoms with E-state index >= 15 is 19.2 Å². The van der Waals surface area contributed by atoms with Gasteiger partial charge in [-0.3, -0.25) is 33.3 Å². The van der Waals surface area contributed by atoms with Gasteiger partial charge in [-0.05, 0) is 59.5 Å². The van der Waals surface area contributed by atoms with Crippen molar-refractivity contribution in [2.24, 2.45) is 5.73 Å². The number of primary amides is 1. The molecular formula is C62H64N14O21S7. The molecule has 6 amide bonds. The van der Waals surface area contributed by atoms with E-state index in [4.69, 9.17) is 49.1 Å². The van der Waals surface area contributed by atoms with Crippen molar-refractivity contribution >= 4 is 143 Å². The fourth-order valence-electron chi connectivity index (χ4n) is 12.1. The predicted octanol–water partition coefficient (Wildman–Crippen LogP) is 3.32. The number of pyridine rings is 1. The van der Waals surface area contributed by atoms with Crippen molar-refractivity contribution in [1.29, 1.82) is 0 Å². The molecule has 4 aliphatic rings. The van der Waals surface area contributed by atoms with Crippen LogP contribution in [0.1, 0.15) is 125 Å². The number of thioether (sulfide) groups is 1. The third-order valence-electron chi connectivity index (χ3n) is 16.9. The molecule has 4 aliphatic heterocycles. The summed E-state index contributed by atoms with van der Waals surface area (Å²) in [5, 5.41) is 65.7. The van der Waals surface area contributed by atoms with E-state index in [1.165, 1.54) is 60.0 Å². The van der Waals surface area contributed by atoms with E-state index in [9.17, 15) is 52.7 Å². The van der Waals surface area contributed by atoms with E-state index in [2.05, 4.69) is 41.5 Å². The first-order valence-electron chi connectivity index (χ1n) is 31.2. The number of rotatable bonds is 13. The van der Waals surface area contributed by atoms with Crippen molar-refractivity contribution in [3.05, 3.63) is 112 Å². The number of likely N-dealkylation sites (N-methyl/N-ethyl adjacent to an activating group) is 1. The molecule has 42 heteroatoms. The molecule has 1 saturated heterocycles. The van der Waals surface area contributed by atoms with Crippen LogP contribution >= 0.6 is 68.4 Å². The second-order valence-corrected chi connectivity index (χ2v) is 31.6. The van der Waals surface area contributed by atoms with E-state index in [1.807, 2.05) is 0 Å². The zero-order valence-electron chi connectivity index (χ0n) is 55.5. The van der Waals surface area contributed by atoms with Crippen LogP contribution in [0.2, 0.25) is 0 Å². The topological polar surface area (TPSA) is 499 Å². The van der Waals surface area contributed by atoms with E-state index in [0.717, 1.165) is 56.7 Å². The second-order valence-electron chi connectivity index (χ2n) is 24.4. The number of carbonyl (C=O) groups excluding carboxylic acids is 8. The first-order chi connectivity index (χ1) is 49.4. The van der Waals surface area contributed by atoms with Gasteiger partial charge in [-0.2, -0.15) is 13.1 Å². The van der Waals surface area contributed by atoms with Crippen molar-refractivity contribution in [3.8, 4) is 38.4 Å². The van der Waals surface area contributed by atoms with Gasteiger partial charge < -0.3 is 86.2 Å². The van der Waals surface area contributed by atoms with Crippen molar-refractivity contribution in [2.75, 3.05) is 39.3 Å². The number of cyclic esters (lactones) is 2. The molecule has 550 valence electrons. The number of nitrogens with two attached hydrogens (primary N) is 1. The van der Waals surface area contributed by atoms with Crippen LogP contribution in [0.5, 0.6) is 5.75 Å². The molecule has 0 spiro atoms. The van der Waals surface area contributed by atoms with Crippen molar-refractivity contribution < 1.29 is 100 Å². The van der Waals surface area contributed by atoms with Crippen LogP contribution in [-0.2, 0) is 66.1 Å². The summed E-state index contributed by atoms with van der Waals surface area (Å²) < 4.78 is 70.2. The number of carbonyl (C=O) groups is 8. The molecule has 12 N–H and O–H groups in total. The van der Waals surface area contributed by atoms with Gasteiger partial charge in [0.25, 0.3) is 39.7 Å². The number of amides is 6. The highest BCUT2D eigenvalue weighted by molar-refractivity contribution is 8.01. The number of allylic oxidation sites excluding steroid dienone is 1. The highest BCUT2D eigenvalue weighted by Gasteiger charge is 2.50. The average Bonchev–Trinajstić information content (AvgIpc) is 1.57. The lowest BCUT2D eigenvalue weighted by Crippen LogP contribution is -2.62. The van der Waals surface area contributed by atoms with Crippen LogP contribution < -0.4 is 32.3 Å². The predicted molar refractivity (Wildman–Crippen MR) is 374 cm³/mol. The number of aliphatic hydroxyl groups excluding tert-OH is 1.